The van der Waals surface area contributed by atoms with E-state index in [1.54, 1.807) is 0 Å². The summed E-state index contributed by atoms with van der Waals surface area (Å²) in [4.78, 5) is 11.2. The first-order chi connectivity index (χ1) is 10.8. The van der Waals surface area contributed by atoms with E-state index in [1.165, 1.54) is 0 Å². The molecule has 2 aliphatic heterocycles. The Labute approximate surface area is 137 Å². The molecule has 1 aromatic carbocycles. The largest absolute Gasteiger partial charge is 0.494 e. The van der Waals surface area contributed by atoms with Gasteiger partial charge in [0.25, 0.3) is 0 Å². The molecule has 2 heterocycles. The van der Waals surface area contributed by atoms with Crippen LogP contribution < -0.4 is 15.5 Å². The highest BCUT2D eigenvalue weighted by atomic mass is 16.7. The van der Waals surface area contributed by atoms with Gasteiger partial charge in [0, 0.05) is 18.9 Å². The molecule has 0 saturated carbocycles. The van der Waals surface area contributed by atoms with E-state index in [0.29, 0.717) is 19.6 Å². The molecule has 2 fully saturated rings. The summed E-state index contributed by atoms with van der Waals surface area (Å²) in [5, 5.41) is 2.82. The van der Waals surface area contributed by atoms with E-state index in [2.05, 4.69) is 5.32 Å². The molecule has 0 spiro atoms. The highest BCUT2D eigenvalue weighted by Crippen LogP contribution is 2.36. The molecule has 0 unspecified atom stereocenters. The van der Waals surface area contributed by atoms with Gasteiger partial charge in [-0.2, -0.15) is 0 Å². The van der Waals surface area contributed by atoms with Crippen molar-refractivity contribution >= 4 is 18.5 Å². The Kier molecular flexibility index (Phi) is 4.15. The third-order valence-electron chi connectivity index (χ3n) is 4.95. The van der Waals surface area contributed by atoms with Crippen molar-refractivity contribution in [2.45, 2.75) is 45.3 Å². The molecule has 1 N–H and O–H groups in total. The maximum atomic E-state index is 11.2. The summed E-state index contributed by atoms with van der Waals surface area (Å²) in [7, 11) is -0.356. The van der Waals surface area contributed by atoms with Crippen LogP contribution in [-0.2, 0) is 14.1 Å². The fourth-order valence-electron chi connectivity index (χ4n) is 2.70. The summed E-state index contributed by atoms with van der Waals surface area (Å²) < 4.78 is 17.8. The molecular formula is C17H24BNO4. The summed E-state index contributed by atoms with van der Waals surface area (Å²) in [6, 6.07) is 7.78. The highest BCUT2D eigenvalue weighted by Gasteiger charge is 2.51. The minimum Gasteiger partial charge on any atom is -0.493 e. The highest BCUT2D eigenvalue weighted by molar-refractivity contribution is 6.62. The third-order valence-corrected chi connectivity index (χ3v) is 4.95. The number of amides is 1. The lowest BCUT2D eigenvalue weighted by molar-refractivity contribution is -0.119. The summed E-state index contributed by atoms with van der Waals surface area (Å²) >= 11 is 0. The smallest absolute Gasteiger partial charge is 0.493 e. The molecule has 0 aromatic heterocycles. The van der Waals surface area contributed by atoms with E-state index in [9.17, 15) is 4.79 Å². The Morgan fingerprint density at radius 1 is 1.17 bits per heavy atom. The van der Waals surface area contributed by atoms with Crippen molar-refractivity contribution in [3.8, 4) is 5.75 Å². The van der Waals surface area contributed by atoms with Crippen LogP contribution in [0.25, 0.3) is 0 Å². The monoisotopic (exact) mass is 317 g/mol. The molecule has 6 heteroatoms. The minimum absolute atomic E-state index is 0.106. The number of hydrogen-bond donors (Lipinski definition) is 1. The molecule has 2 aliphatic rings. The Balaban J connectivity index is 1.58. The van der Waals surface area contributed by atoms with Crippen molar-refractivity contribution in [2.75, 3.05) is 13.2 Å². The Bertz CT molecular complexity index is 569. The van der Waals surface area contributed by atoms with E-state index in [0.717, 1.165) is 11.2 Å². The van der Waals surface area contributed by atoms with Gasteiger partial charge in [-0.3, -0.25) is 4.79 Å². The third kappa shape index (κ3) is 3.38. The van der Waals surface area contributed by atoms with E-state index in [4.69, 9.17) is 14.0 Å². The standard InChI is InChI=1S/C17H24BNO4/c1-16(2)17(3,4)23-18(22-16)13-5-7-14(8-6-13)21-11-12-9-15(20)19-10-12/h5-8,12H,9-11H2,1-4H3,(H,19,20)/t12-/m0/s1. The van der Waals surface area contributed by atoms with Crippen LogP contribution in [0.2, 0.25) is 0 Å². The maximum absolute atomic E-state index is 11.2. The summed E-state index contributed by atoms with van der Waals surface area (Å²) in [6.45, 7) is 9.42. The van der Waals surface area contributed by atoms with Crippen molar-refractivity contribution in [3.63, 3.8) is 0 Å². The zero-order valence-electron chi connectivity index (χ0n) is 14.2. The van der Waals surface area contributed by atoms with Crippen molar-refractivity contribution in [1.82, 2.24) is 5.32 Å². The van der Waals surface area contributed by atoms with Crippen LogP contribution in [0.5, 0.6) is 5.75 Å². The Morgan fingerprint density at radius 2 is 1.78 bits per heavy atom. The van der Waals surface area contributed by atoms with Gasteiger partial charge in [0.15, 0.2) is 0 Å². The van der Waals surface area contributed by atoms with Crippen LogP contribution >= 0.6 is 0 Å². The Morgan fingerprint density at radius 3 is 2.30 bits per heavy atom. The van der Waals surface area contributed by atoms with Gasteiger partial charge in [0.1, 0.15) is 5.75 Å². The predicted octanol–water partition coefficient (Wildman–Crippen LogP) is 1.50. The second-order valence-corrected chi connectivity index (χ2v) is 7.34. The summed E-state index contributed by atoms with van der Waals surface area (Å²) in [5.74, 6) is 1.16. The molecule has 5 nitrogen and oxygen atoms in total. The average Bonchev–Trinajstić information content (AvgIpc) is 2.98. The van der Waals surface area contributed by atoms with Gasteiger partial charge < -0.3 is 19.4 Å². The molecule has 23 heavy (non-hydrogen) atoms. The van der Waals surface area contributed by atoms with Gasteiger partial charge in [-0.15, -0.1) is 0 Å². The average molecular weight is 317 g/mol. The quantitative estimate of drug-likeness (QED) is 0.855. The van der Waals surface area contributed by atoms with Crippen LogP contribution in [0.1, 0.15) is 34.1 Å². The van der Waals surface area contributed by atoms with E-state index in [-0.39, 0.29) is 30.1 Å². The molecular weight excluding hydrogens is 293 g/mol. The van der Waals surface area contributed by atoms with Gasteiger partial charge in [-0.1, -0.05) is 12.1 Å². The predicted molar refractivity (Wildman–Crippen MR) is 88.8 cm³/mol. The van der Waals surface area contributed by atoms with Gasteiger partial charge in [0.05, 0.1) is 17.8 Å². The van der Waals surface area contributed by atoms with Crippen LogP contribution in [0.4, 0.5) is 0 Å². The lowest BCUT2D eigenvalue weighted by atomic mass is 9.79. The molecule has 0 aliphatic carbocycles. The molecule has 1 atom stereocenters. The topological polar surface area (TPSA) is 56.8 Å². The first-order valence-corrected chi connectivity index (χ1v) is 8.12. The molecule has 0 radical (unpaired) electrons. The van der Waals surface area contributed by atoms with Crippen LogP contribution in [-0.4, -0.2) is 37.4 Å². The number of carbonyl (C=O) groups is 1. The number of carbonyl (C=O) groups excluding carboxylic acids is 1. The van der Waals surface area contributed by atoms with E-state index in [1.807, 2.05) is 52.0 Å². The second kappa shape index (κ2) is 5.84. The fraction of sp³-hybridized carbons (Fsp3) is 0.588. The van der Waals surface area contributed by atoms with Crippen molar-refractivity contribution in [2.24, 2.45) is 5.92 Å². The summed E-state index contributed by atoms with van der Waals surface area (Å²) in [5.41, 5.74) is 0.303. The normalized spacial score (nSPS) is 25.5. The Hall–Kier alpha value is -1.53. The van der Waals surface area contributed by atoms with Gasteiger partial charge >= 0.3 is 7.12 Å². The number of benzene rings is 1. The van der Waals surface area contributed by atoms with Gasteiger partial charge in [0.2, 0.25) is 5.91 Å². The first kappa shape index (κ1) is 16.3. The van der Waals surface area contributed by atoms with Crippen molar-refractivity contribution in [3.05, 3.63) is 24.3 Å². The molecule has 1 amide bonds. The fourth-order valence-corrected chi connectivity index (χ4v) is 2.70. The number of rotatable bonds is 4. The molecule has 1 aromatic rings. The van der Waals surface area contributed by atoms with Crippen LogP contribution in [0.15, 0.2) is 24.3 Å². The molecule has 2 saturated heterocycles. The van der Waals surface area contributed by atoms with Crippen LogP contribution in [0, 0.1) is 5.92 Å². The number of ether oxygens (including phenoxy) is 1. The molecule has 124 valence electrons. The SMILES string of the molecule is CC1(C)OB(c2ccc(OC[C@@H]3CNC(=O)C3)cc2)OC1(C)C. The zero-order chi connectivity index (χ0) is 16.7. The number of hydrogen-bond acceptors (Lipinski definition) is 4. The summed E-state index contributed by atoms with van der Waals surface area (Å²) in [6.07, 6.45) is 0.548. The minimum atomic E-state index is -0.356. The second-order valence-electron chi connectivity index (χ2n) is 7.34. The van der Waals surface area contributed by atoms with Crippen molar-refractivity contribution < 1.29 is 18.8 Å². The van der Waals surface area contributed by atoms with Gasteiger partial charge in [-0.25, -0.2) is 0 Å². The molecule has 0 bridgehead atoms. The first-order valence-electron chi connectivity index (χ1n) is 8.12. The lowest BCUT2D eigenvalue weighted by Crippen LogP contribution is -2.41. The van der Waals surface area contributed by atoms with E-state index < -0.39 is 0 Å². The van der Waals surface area contributed by atoms with Crippen molar-refractivity contribution in [1.29, 1.82) is 0 Å². The lowest BCUT2D eigenvalue weighted by Gasteiger charge is -2.32. The zero-order valence-corrected chi connectivity index (χ0v) is 14.2. The van der Waals surface area contributed by atoms with Gasteiger partial charge in [-0.05, 0) is 45.3 Å². The van der Waals surface area contributed by atoms with Crippen LogP contribution in [0.3, 0.4) is 0 Å². The number of nitrogens with one attached hydrogen (secondary N) is 1. The molecule has 3 rings (SSSR count). The van der Waals surface area contributed by atoms with E-state index >= 15 is 0 Å². The maximum Gasteiger partial charge on any atom is 0.494 e.